The van der Waals surface area contributed by atoms with Crippen LogP contribution in [0.1, 0.15) is 19.3 Å². The van der Waals surface area contributed by atoms with E-state index in [1.54, 1.807) is 0 Å². The molecule has 1 aliphatic rings. The molecule has 0 aromatic carbocycles. The quantitative estimate of drug-likeness (QED) is 0.666. The molecule has 1 aliphatic carbocycles. The summed E-state index contributed by atoms with van der Waals surface area (Å²) in [6.45, 7) is 0. The average molecular weight is 194 g/mol. The van der Waals surface area contributed by atoms with Gasteiger partial charge < -0.3 is 0 Å². The van der Waals surface area contributed by atoms with Crippen LogP contribution < -0.4 is 0 Å². The summed E-state index contributed by atoms with van der Waals surface area (Å²) in [5.74, 6) is 1.90. The summed E-state index contributed by atoms with van der Waals surface area (Å²) in [4.78, 5) is 0. The topological polar surface area (TPSA) is 34.1 Å². The molecule has 1 rings (SSSR count). The van der Waals surface area contributed by atoms with Crippen molar-refractivity contribution in [2.24, 2.45) is 5.92 Å². The highest BCUT2D eigenvalue weighted by Gasteiger charge is 2.27. The van der Waals surface area contributed by atoms with Crippen molar-refractivity contribution in [3.05, 3.63) is 0 Å². The van der Waals surface area contributed by atoms with Crippen LogP contribution in [0.3, 0.4) is 0 Å². The average Bonchev–Trinajstić information content (AvgIpc) is 2.67. The molecule has 0 bridgehead atoms. The minimum Gasteiger partial charge on any atom is -0.229 e. The smallest absolute Gasteiger partial charge is 0.150 e. The van der Waals surface area contributed by atoms with Crippen molar-refractivity contribution in [2.75, 3.05) is 17.3 Å². The van der Waals surface area contributed by atoms with E-state index in [1.165, 1.54) is 0 Å². The lowest BCUT2D eigenvalue weighted by Gasteiger charge is -1.99. The highest BCUT2D eigenvalue weighted by Crippen LogP contribution is 2.30. The summed E-state index contributed by atoms with van der Waals surface area (Å²) in [5, 5.41) is 0. The predicted molar refractivity (Wildman–Crippen MR) is 49.8 cm³/mol. The minimum atomic E-state index is -2.73. The molecule has 2 nitrogen and oxygen atoms in total. The third kappa shape index (κ3) is 4.01. The maximum Gasteiger partial charge on any atom is 0.150 e. The van der Waals surface area contributed by atoms with E-state index in [0.29, 0.717) is 29.6 Å². The lowest BCUT2D eigenvalue weighted by atomic mass is 10.5. The molecule has 0 aromatic heterocycles. The molecule has 0 N–H and O–H groups in total. The number of hydrogen-bond acceptors (Lipinski definition) is 3. The minimum absolute atomic E-state index is 0.326. The molecule has 0 aliphatic heterocycles. The van der Waals surface area contributed by atoms with Crippen LogP contribution in [0.15, 0.2) is 0 Å². The number of sulfone groups is 1. The second kappa shape index (κ2) is 3.81. The standard InChI is InChI=1S/C7H14O2S2/c8-11(9,5-1-4-10)6-7-2-3-7/h7,10H,1-6H2. The molecule has 66 valence electrons. The third-order valence-electron chi connectivity index (χ3n) is 1.80. The Morgan fingerprint density at radius 1 is 1.36 bits per heavy atom. The van der Waals surface area contributed by atoms with Crippen molar-refractivity contribution in [3.8, 4) is 0 Å². The Morgan fingerprint density at radius 3 is 2.45 bits per heavy atom. The molecule has 1 saturated carbocycles. The zero-order valence-corrected chi connectivity index (χ0v) is 8.20. The van der Waals surface area contributed by atoms with Gasteiger partial charge in [-0.1, -0.05) is 0 Å². The number of hydrogen-bond donors (Lipinski definition) is 1. The van der Waals surface area contributed by atoms with Gasteiger partial charge in [-0.25, -0.2) is 8.42 Å². The van der Waals surface area contributed by atoms with Crippen LogP contribution in [0.4, 0.5) is 0 Å². The van der Waals surface area contributed by atoms with Gasteiger partial charge >= 0.3 is 0 Å². The fraction of sp³-hybridized carbons (Fsp3) is 1.00. The van der Waals surface area contributed by atoms with Crippen molar-refractivity contribution in [1.29, 1.82) is 0 Å². The van der Waals surface area contributed by atoms with E-state index in [-0.39, 0.29) is 0 Å². The molecule has 4 heteroatoms. The summed E-state index contributed by atoms with van der Waals surface area (Å²) in [6.07, 6.45) is 2.92. The van der Waals surface area contributed by atoms with E-state index < -0.39 is 9.84 Å². The van der Waals surface area contributed by atoms with Crippen molar-refractivity contribution in [2.45, 2.75) is 19.3 Å². The molecule has 11 heavy (non-hydrogen) atoms. The first-order chi connectivity index (χ1) is 5.14. The molecule has 0 radical (unpaired) electrons. The maximum absolute atomic E-state index is 11.2. The van der Waals surface area contributed by atoms with Crippen molar-refractivity contribution >= 4 is 22.5 Å². The van der Waals surface area contributed by atoms with Gasteiger partial charge in [0.25, 0.3) is 0 Å². The van der Waals surface area contributed by atoms with E-state index >= 15 is 0 Å². The van der Waals surface area contributed by atoms with E-state index in [1.807, 2.05) is 0 Å². The van der Waals surface area contributed by atoms with E-state index in [0.717, 1.165) is 12.8 Å². The molecule has 0 atom stereocenters. The lowest BCUT2D eigenvalue weighted by Crippen LogP contribution is -2.12. The summed E-state index contributed by atoms with van der Waals surface area (Å²) in [6, 6.07) is 0. The first-order valence-corrected chi connectivity index (χ1v) is 6.41. The van der Waals surface area contributed by atoms with Crippen LogP contribution in [-0.4, -0.2) is 25.7 Å². The van der Waals surface area contributed by atoms with Gasteiger partial charge in [0.15, 0.2) is 9.84 Å². The Balaban J connectivity index is 2.26. The van der Waals surface area contributed by atoms with E-state index in [4.69, 9.17) is 0 Å². The molecule has 0 aromatic rings. The van der Waals surface area contributed by atoms with Gasteiger partial charge in [-0.3, -0.25) is 0 Å². The largest absolute Gasteiger partial charge is 0.229 e. The summed E-state index contributed by atoms with van der Waals surface area (Å²) in [7, 11) is -2.73. The van der Waals surface area contributed by atoms with Crippen LogP contribution in [0.25, 0.3) is 0 Å². The normalized spacial score (nSPS) is 18.6. The molecule has 0 heterocycles. The first kappa shape index (κ1) is 9.39. The predicted octanol–water partition coefficient (Wildman–Crippen LogP) is 1.13. The number of rotatable bonds is 5. The summed E-state index contributed by atoms with van der Waals surface area (Å²) >= 11 is 3.97. The van der Waals surface area contributed by atoms with Gasteiger partial charge in [0.1, 0.15) is 0 Å². The Labute approximate surface area is 73.7 Å². The number of thiol groups is 1. The van der Waals surface area contributed by atoms with Crippen LogP contribution >= 0.6 is 12.6 Å². The van der Waals surface area contributed by atoms with Gasteiger partial charge in [-0.05, 0) is 30.9 Å². The molecule has 0 spiro atoms. The highest BCUT2D eigenvalue weighted by atomic mass is 32.2. The highest BCUT2D eigenvalue weighted by molar-refractivity contribution is 7.91. The monoisotopic (exact) mass is 194 g/mol. The van der Waals surface area contributed by atoms with Crippen LogP contribution in [0.5, 0.6) is 0 Å². The molecule has 0 amide bonds. The Bertz CT molecular complexity index is 204. The second-order valence-electron chi connectivity index (χ2n) is 3.13. The fourth-order valence-electron chi connectivity index (χ4n) is 1.01. The van der Waals surface area contributed by atoms with Crippen molar-refractivity contribution in [3.63, 3.8) is 0 Å². The van der Waals surface area contributed by atoms with Crippen LogP contribution in [0, 0.1) is 5.92 Å². The fourth-order valence-corrected chi connectivity index (χ4v) is 3.19. The molecule has 0 saturated heterocycles. The zero-order chi connectivity index (χ0) is 8.32. The summed E-state index contributed by atoms with van der Waals surface area (Å²) in [5.41, 5.74) is 0. The van der Waals surface area contributed by atoms with Crippen molar-refractivity contribution in [1.82, 2.24) is 0 Å². The van der Waals surface area contributed by atoms with E-state index in [2.05, 4.69) is 12.6 Å². The van der Waals surface area contributed by atoms with Gasteiger partial charge in [0.2, 0.25) is 0 Å². The summed E-state index contributed by atoms with van der Waals surface area (Å²) < 4.78 is 22.4. The Kier molecular flexibility index (Phi) is 3.25. The third-order valence-corrected chi connectivity index (χ3v) is 4.01. The molecule has 1 fully saturated rings. The van der Waals surface area contributed by atoms with Gasteiger partial charge in [-0.15, -0.1) is 0 Å². The van der Waals surface area contributed by atoms with Crippen molar-refractivity contribution < 1.29 is 8.42 Å². The molecular weight excluding hydrogens is 180 g/mol. The second-order valence-corrected chi connectivity index (χ2v) is 5.81. The lowest BCUT2D eigenvalue weighted by molar-refractivity contribution is 0.591. The zero-order valence-electron chi connectivity index (χ0n) is 6.49. The first-order valence-electron chi connectivity index (χ1n) is 3.95. The Hall–Kier alpha value is 0.300. The SMILES string of the molecule is O=S(=O)(CCCS)CC1CC1. The molecule has 0 unspecified atom stereocenters. The van der Waals surface area contributed by atoms with Gasteiger partial charge in [-0.2, -0.15) is 12.6 Å². The van der Waals surface area contributed by atoms with E-state index in [9.17, 15) is 8.42 Å². The van der Waals surface area contributed by atoms with Gasteiger partial charge in [0, 0.05) is 0 Å². The van der Waals surface area contributed by atoms with Crippen LogP contribution in [-0.2, 0) is 9.84 Å². The maximum atomic E-state index is 11.2. The molecular formula is C7H14O2S2. The van der Waals surface area contributed by atoms with Crippen LogP contribution in [0.2, 0.25) is 0 Å². The Morgan fingerprint density at radius 2 is 2.00 bits per heavy atom. The van der Waals surface area contributed by atoms with Gasteiger partial charge in [0.05, 0.1) is 11.5 Å².